The highest BCUT2D eigenvalue weighted by Gasteiger charge is 2.19. The number of benzene rings is 2. The van der Waals surface area contributed by atoms with Crippen molar-refractivity contribution in [3.63, 3.8) is 0 Å². The van der Waals surface area contributed by atoms with E-state index in [0.29, 0.717) is 6.54 Å². The first-order chi connectivity index (χ1) is 13.6. The Balaban J connectivity index is 1.51. The van der Waals surface area contributed by atoms with Crippen LogP contribution >= 0.6 is 0 Å². The van der Waals surface area contributed by atoms with Crippen LogP contribution in [-0.2, 0) is 6.54 Å². The molecule has 144 valence electrons. The zero-order valence-electron chi connectivity index (χ0n) is 15.9. The van der Waals surface area contributed by atoms with Gasteiger partial charge in [0.15, 0.2) is 0 Å². The largest absolute Gasteiger partial charge is 0.507 e. The number of nitrogens with one attached hydrogen (secondary N) is 1. The lowest BCUT2D eigenvalue weighted by molar-refractivity contribution is 0.0948. The number of amides is 1. The Morgan fingerprint density at radius 2 is 1.79 bits per heavy atom. The van der Waals surface area contributed by atoms with Gasteiger partial charge in [-0.05, 0) is 36.0 Å². The number of hydrogen-bond acceptors (Lipinski definition) is 5. The molecule has 0 aliphatic carbocycles. The van der Waals surface area contributed by atoms with Crippen LogP contribution in [0.3, 0.4) is 0 Å². The number of carbonyl (C=O) groups is 1. The second-order valence-corrected chi connectivity index (χ2v) is 7.18. The SMILES string of the molecule is CN1CCN(c2ncccc2CNC(=O)c2cc3ccccc3cc2O)CC1. The Bertz CT molecular complexity index is 997. The number of anilines is 1. The first-order valence-electron chi connectivity index (χ1n) is 9.49. The molecule has 0 saturated carbocycles. The van der Waals surface area contributed by atoms with Gasteiger partial charge in [0.1, 0.15) is 11.6 Å². The van der Waals surface area contributed by atoms with Crippen molar-refractivity contribution in [2.75, 3.05) is 38.1 Å². The fraction of sp³-hybridized carbons (Fsp3) is 0.273. The summed E-state index contributed by atoms with van der Waals surface area (Å²) in [4.78, 5) is 21.8. The molecule has 0 radical (unpaired) electrons. The first kappa shape index (κ1) is 18.3. The molecule has 1 fully saturated rings. The third-order valence-corrected chi connectivity index (χ3v) is 5.22. The molecule has 3 aromatic rings. The van der Waals surface area contributed by atoms with Crippen molar-refractivity contribution in [1.29, 1.82) is 0 Å². The van der Waals surface area contributed by atoms with Gasteiger partial charge in [0, 0.05) is 44.5 Å². The number of rotatable bonds is 4. The molecule has 2 aromatic carbocycles. The van der Waals surface area contributed by atoms with Crippen LogP contribution in [0.15, 0.2) is 54.7 Å². The highest BCUT2D eigenvalue weighted by atomic mass is 16.3. The van der Waals surface area contributed by atoms with E-state index in [0.717, 1.165) is 48.3 Å². The molecular weight excluding hydrogens is 352 g/mol. The van der Waals surface area contributed by atoms with Gasteiger partial charge in [0.25, 0.3) is 5.91 Å². The lowest BCUT2D eigenvalue weighted by Crippen LogP contribution is -2.45. The second-order valence-electron chi connectivity index (χ2n) is 7.18. The molecule has 6 heteroatoms. The predicted octanol–water partition coefficient (Wildman–Crippen LogP) is 2.62. The number of nitrogens with zero attached hydrogens (tertiary/aromatic N) is 3. The van der Waals surface area contributed by atoms with Crippen molar-refractivity contribution in [2.24, 2.45) is 0 Å². The zero-order valence-corrected chi connectivity index (χ0v) is 15.9. The standard InChI is InChI=1S/C22H24N4O2/c1-25-9-11-26(12-10-25)21-18(7-4-8-23-21)15-24-22(28)19-13-16-5-2-3-6-17(16)14-20(19)27/h2-8,13-14,27H,9-12,15H2,1H3,(H,24,28). The molecule has 1 aliphatic heterocycles. The summed E-state index contributed by atoms with van der Waals surface area (Å²) in [6.07, 6.45) is 1.79. The van der Waals surface area contributed by atoms with Crippen molar-refractivity contribution in [3.05, 3.63) is 65.9 Å². The molecule has 1 aliphatic rings. The highest BCUT2D eigenvalue weighted by molar-refractivity contribution is 6.01. The summed E-state index contributed by atoms with van der Waals surface area (Å²) in [5.74, 6) is 0.608. The quantitative estimate of drug-likeness (QED) is 0.733. The lowest BCUT2D eigenvalue weighted by Gasteiger charge is -2.34. The maximum Gasteiger partial charge on any atom is 0.255 e. The van der Waals surface area contributed by atoms with Crippen molar-refractivity contribution >= 4 is 22.5 Å². The third-order valence-electron chi connectivity index (χ3n) is 5.22. The van der Waals surface area contributed by atoms with Gasteiger partial charge in [-0.1, -0.05) is 30.3 Å². The number of aromatic hydroxyl groups is 1. The number of phenolic OH excluding ortho intramolecular Hbond substituents is 1. The average Bonchev–Trinajstić information content (AvgIpc) is 2.72. The van der Waals surface area contributed by atoms with Crippen molar-refractivity contribution in [3.8, 4) is 5.75 Å². The van der Waals surface area contributed by atoms with E-state index in [4.69, 9.17) is 0 Å². The smallest absolute Gasteiger partial charge is 0.255 e. The van der Waals surface area contributed by atoms with E-state index in [1.807, 2.05) is 36.4 Å². The van der Waals surface area contributed by atoms with Gasteiger partial charge in [-0.25, -0.2) is 4.98 Å². The average molecular weight is 376 g/mol. The topological polar surface area (TPSA) is 68.7 Å². The summed E-state index contributed by atoms with van der Waals surface area (Å²) in [6, 6.07) is 14.9. The Kier molecular flexibility index (Phi) is 5.12. The van der Waals surface area contributed by atoms with Crippen molar-refractivity contribution < 1.29 is 9.90 Å². The summed E-state index contributed by atoms with van der Waals surface area (Å²) in [7, 11) is 2.12. The maximum absolute atomic E-state index is 12.7. The number of hydrogen-bond donors (Lipinski definition) is 2. The van der Waals surface area contributed by atoms with Gasteiger partial charge in [0.2, 0.25) is 0 Å². The molecule has 28 heavy (non-hydrogen) atoms. The highest BCUT2D eigenvalue weighted by Crippen LogP contribution is 2.25. The Hall–Kier alpha value is -3.12. The molecule has 1 aromatic heterocycles. The van der Waals surface area contributed by atoms with Crippen LogP contribution in [0, 0.1) is 0 Å². The van der Waals surface area contributed by atoms with Gasteiger partial charge in [-0.15, -0.1) is 0 Å². The number of fused-ring (bicyclic) bond motifs is 1. The fourth-order valence-corrected chi connectivity index (χ4v) is 3.55. The van der Waals surface area contributed by atoms with Gasteiger partial charge in [-0.2, -0.15) is 0 Å². The van der Waals surface area contributed by atoms with E-state index < -0.39 is 0 Å². The zero-order chi connectivity index (χ0) is 19.5. The molecule has 0 bridgehead atoms. The van der Waals surface area contributed by atoms with Crippen LogP contribution in [0.5, 0.6) is 5.75 Å². The number of phenols is 1. The summed E-state index contributed by atoms with van der Waals surface area (Å²) in [6.45, 7) is 4.18. The summed E-state index contributed by atoms with van der Waals surface area (Å²) in [5, 5.41) is 15.0. The Morgan fingerprint density at radius 3 is 2.54 bits per heavy atom. The number of pyridine rings is 1. The molecule has 0 spiro atoms. The van der Waals surface area contributed by atoms with Gasteiger partial charge in [-0.3, -0.25) is 4.79 Å². The Labute approximate surface area is 164 Å². The predicted molar refractivity (Wildman–Crippen MR) is 111 cm³/mol. The summed E-state index contributed by atoms with van der Waals surface area (Å²) in [5.41, 5.74) is 1.25. The normalized spacial score (nSPS) is 15.0. The molecule has 4 rings (SSSR count). The molecule has 1 amide bonds. The van der Waals surface area contributed by atoms with Gasteiger partial charge >= 0.3 is 0 Å². The van der Waals surface area contributed by atoms with Gasteiger partial charge < -0.3 is 20.2 Å². The first-order valence-corrected chi connectivity index (χ1v) is 9.49. The van der Waals surface area contributed by atoms with E-state index >= 15 is 0 Å². The van der Waals surface area contributed by atoms with Gasteiger partial charge in [0.05, 0.1) is 5.56 Å². The van der Waals surface area contributed by atoms with Crippen LogP contribution in [0.1, 0.15) is 15.9 Å². The van der Waals surface area contributed by atoms with Crippen molar-refractivity contribution in [2.45, 2.75) is 6.54 Å². The van der Waals surface area contributed by atoms with Crippen molar-refractivity contribution in [1.82, 2.24) is 15.2 Å². The molecule has 6 nitrogen and oxygen atoms in total. The third kappa shape index (κ3) is 3.77. The minimum absolute atomic E-state index is 0.0123. The molecule has 0 atom stereocenters. The molecule has 0 unspecified atom stereocenters. The van der Waals surface area contributed by atoms with Crippen LogP contribution < -0.4 is 10.2 Å². The molecular formula is C22H24N4O2. The summed E-state index contributed by atoms with van der Waals surface area (Å²) < 4.78 is 0. The maximum atomic E-state index is 12.7. The van der Waals surface area contributed by atoms with Crippen LogP contribution in [-0.4, -0.2) is 54.1 Å². The number of aromatic nitrogens is 1. The lowest BCUT2D eigenvalue weighted by atomic mass is 10.1. The molecule has 2 N–H and O–H groups in total. The van der Waals surface area contributed by atoms with E-state index in [1.54, 1.807) is 18.3 Å². The van der Waals surface area contributed by atoms with Crippen LogP contribution in [0.4, 0.5) is 5.82 Å². The fourth-order valence-electron chi connectivity index (χ4n) is 3.55. The monoisotopic (exact) mass is 376 g/mol. The van der Waals surface area contributed by atoms with E-state index in [-0.39, 0.29) is 17.2 Å². The van der Waals surface area contributed by atoms with E-state index in [1.165, 1.54) is 0 Å². The Morgan fingerprint density at radius 1 is 1.07 bits per heavy atom. The second kappa shape index (κ2) is 7.86. The minimum Gasteiger partial charge on any atom is -0.507 e. The molecule has 2 heterocycles. The van der Waals surface area contributed by atoms with Crippen LogP contribution in [0.25, 0.3) is 10.8 Å². The van der Waals surface area contributed by atoms with Crippen LogP contribution in [0.2, 0.25) is 0 Å². The van der Waals surface area contributed by atoms with E-state index in [2.05, 4.69) is 27.1 Å². The number of piperazine rings is 1. The number of carbonyl (C=O) groups excluding carboxylic acids is 1. The number of likely N-dealkylation sites (N-methyl/N-ethyl adjacent to an activating group) is 1. The minimum atomic E-state index is -0.295. The molecule has 1 saturated heterocycles. The summed E-state index contributed by atoms with van der Waals surface area (Å²) >= 11 is 0. The van der Waals surface area contributed by atoms with E-state index in [9.17, 15) is 9.90 Å².